The van der Waals surface area contributed by atoms with E-state index in [9.17, 15) is 22.8 Å². The Hall–Kier alpha value is -2.42. The molecule has 29 heavy (non-hydrogen) atoms. The molecular formula is C20H21F3N2O3S. The third-order valence-electron chi connectivity index (χ3n) is 4.74. The van der Waals surface area contributed by atoms with Gasteiger partial charge in [-0.25, -0.2) is 4.98 Å². The summed E-state index contributed by atoms with van der Waals surface area (Å²) >= 11 is 1.28. The molecule has 1 atom stereocenters. The number of likely N-dealkylation sites (tertiary alicyclic amines) is 1. The van der Waals surface area contributed by atoms with Gasteiger partial charge >= 0.3 is 12.1 Å². The SMILES string of the molecule is CCOC(=O)C1CCCN(C(=O)Cc2csc(-c3ccc(C(F)(F)F)cc3)n2)C1. The van der Waals surface area contributed by atoms with Gasteiger partial charge in [0.05, 0.1) is 30.2 Å². The summed E-state index contributed by atoms with van der Waals surface area (Å²) < 4.78 is 43.1. The van der Waals surface area contributed by atoms with E-state index in [0.29, 0.717) is 42.4 Å². The molecule has 2 heterocycles. The van der Waals surface area contributed by atoms with Crippen molar-refractivity contribution in [3.8, 4) is 10.6 Å². The van der Waals surface area contributed by atoms with Crippen LogP contribution in [0.1, 0.15) is 31.0 Å². The van der Waals surface area contributed by atoms with E-state index in [4.69, 9.17) is 4.74 Å². The summed E-state index contributed by atoms with van der Waals surface area (Å²) in [4.78, 5) is 30.6. The fourth-order valence-electron chi connectivity index (χ4n) is 3.25. The maximum atomic E-state index is 12.7. The van der Waals surface area contributed by atoms with Gasteiger partial charge in [0, 0.05) is 24.0 Å². The average molecular weight is 426 g/mol. The van der Waals surface area contributed by atoms with Crippen molar-refractivity contribution in [3.63, 3.8) is 0 Å². The van der Waals surface area contributed by atoms with E-state index in [2.05, 4.69) is 4.98 Å². The quantitative estimate of drug-likeness (QED) is 0.674. The van der Waals surface area contributed by atoms with Gasteiger partial charge < -0.3 is 9.64 Å². The molecule has 1 unspecified atom stereocenters. The summed E-state index contributed by atoms with van der Waals surface area (Å²) in [5.41, 5.74) is 0.421. The Morgan fingerprint density at radius 3 is 2.66 bits per heavy atom. The normalized spacial score (nSPS) is 17.2. The lowest BCUT2D eigenvalue weighted by molar-refractivity contribution is -0.151. The summed E-state index contributed by atoms with van der Waals surface area (Å²) in [5.74, 6) is -0.697. The molecule has 0 saturated carbocycles. The number of ether oxygens (including phenoxy) is 1. The monoisotopic (exact) mass is 426 g/mol. The number of hydrogen-bond acceptors (Lipinski definition) is 5. The average Bonchev–Trinajstić information content (AvgIpc) is 3.16. The summed E-state index contributed by atoms with van der Waals surface area (Å²) in [6.07, 6.45) is -2.85. The van der Waals surface area contributed by atoms with Gasteiger partial charge in [-0.3, -0.25) is 9.59 Å². The summed E-state index contributed by atoms with van der Waals surface area (Å²) in [6.45, 7) is 2.99. The van der Waals surface area contributed by atoms with Gasteiger partial charge in [-0.15, -0.1) is 11.3 Å². The molecule has 1 aromatic carbocycles. The van der Waals surface area contributed by atoms with Crippen molar-refractivity contribution in [1.82, 2.24) is 9.88 Å². The Balaban J connectivity index is 1.62. The van der Waals surface area contributed by atoms with E-state index in [1.165, 1.54) is 23.5 Å². The van der Waals surface area contributed by atoms with E-state index in [1.807, 2.05) is 0 Å². The van der Waals surface area contributed by atoms with Crippen LogP contribution >= 0.6 is 11.3 Å². The van der Waals surface area contributed by atoms with E-state index < -0.39 is 11.7 Å². The highest BCUT2D eigenvalue weighted by molar-refractivity contribution is 7.13. The van der Waals surface area contributed by atoms with Gasteiger partial charge in [0.1, 0.15) is 5.01 Å². The Morgan fingerprint density at radius 2 is 2.00 bits per heavy atom. The molecular weight excluding hydrogens is 405 g/mol. The van der Waals surface area contributed by atoms with Gasteiger partial charge in [-0.2, -0.15) is 13.2 Å². The molecule has 1 aliphatic heterocycles. The number of benzene rings is 1. The van der Waals surface area contributed by atoms with Crippen molar-refractivity contribution in [1.29, 1.82) is 0 Å². The number of carbonyl (C=O) groups is 2. The standard InChI is InChI=1S/C20H21F3N2O3S/c1-2-28-19(27)14-4-3-9-25(11-14)17(26)10-16-12-29-18(24-16)13-5-7-15(8-6-13)20(21,22)23/h5-8,12,14H,2-4,9-11H2,1H3. The molecule has 5 nitrogen and oxygen atoms in total. The second-order valence-corrected chi connectivity index (χ2v) is 7.68. The maximum absolute atomic E-state index is 12.7. The van der Waals surface area contributed by atoms with Crippen LogP contribution in [0.3, 0.4) is 0 Å². The van der Waals surface area contributed by atoms with Crippen LogP contribution in [-0.2, 0) is 26.9 Å². The van der Waals surface area contributed by atoms with E-state index >= 15 is 0 Å². The van der Waals surface area contributed by atoms with Crippen molar-refractivity contribution in [2.24, 2.45) is 5.92 Å². The first kappa shape index (κ1) is 21.3. The van der Waals surface area contributed by atoms with Crippen molar-refractivity contribution in [3.05, 3.63) is 40.9 Å². The van der Waals surface area contributed by atoms with Gasteiger partial charge in [-0.05, 0) is 31.9 Å². The highest BCUT2D eigenvalue weighted by Gasteiger charge is 2.31. The third-order valence-corrected chi connectivity index (χ3v) is 5.68. The van der Waals surface area contributed by atoms with Crippen LogP contribution in [0, 0.1) is 5.92 Å². The van der Waals surface area contributed by atoms with Crippen LogP contribution in [0.15, 0.2) is 29.6 Å². The second-order valence-electron chi connectivity index (χ2n) is 6.83. The molecule has 0 aliphatic carbocycles. The van der Waals surface area contributed by atoms with Crippen LogP contribution < -0.4 is 0 Å². The van der Waals surface area contributed by atoms with Crippen LogP contribution in [0.2, 0.25) is 0 Å². The first-order valence-electron chi connectivity index (χ1n) is 9.34. The third kappa shape index (κ3) is 5.35. The minimum absolute atomic E-state index is 0.0900. The molecule has 1 amide bonds. The van der Waals surface area contributed by atoms with Gasteiger partial charge in [0.2, 0.25) is 5.91 Å². The fourth-order valence-corrected chi connectivity index (χ4v) is 4.07. The van der Waals surface area contributed by atoms with Crippen LogP contribution in [0.25, 0.3) is 10.6 Å². The number of nitrogens with zero attached hydrogens (tertiary/aromatic N) is 2. The number of esters is 1. The number of aromatic nitrogens is 1. The Morgan fingerprint density at radius 1 is 1.28 bits per heavy atom. The minimum Gasteiger partial charge on any atom is -0.466 e. The van der Waals surface area contributed by atoms with Crippen molar-refractivity contribution in [2.45, 2.75) is 32.4 Å². The highest BCUT2D eigenvalue weighted by Crippen LogP contribution is 2.32. The largest absolute Gasteiger partial charge is 0.466 e. The maximum Gasteiger partial charge on any atom is 0.416 e. The first-order valence-corrected chi connectivity index (χ1v) is 10.2. The summed E-state index contributed by atoms with van der Waals surface area (Å²) in [5, 5.41) is 2.29. The van der Waals surface area contributed by atoms with Gasteiger partial charge in [0.15, 0.2) is 0 Å². The summed E-state index contributed by atoms with van der Waals surface area (Å²) in [6, 6.07) is 4.79. The molecule has 1 aromatic heterocycles. The molecule has 9 heteroatoms. The van der Waals surface area contributed by atoms with Crippen LogP contribution in [0.4, 0.5) is 13.2 Å². The smallest absolute Gasteiger partial charge is 0.416 e. The van der Waals surface area contributed by atoms with Crippen molar-refractivity contribution < 1.29 is 27.5 Å². The molecule has 1 saturated heterocycles. The van der Waals surface area contributed by atoms with Crippen LogP contribution in [0.5, 0.6) is 0 Å². The Kier molecular flexibility index (Phi) is 6.56. The number of thiazole rings is 1. The van der Waals surface area contributed by atoms with Gasteiger partial charge in [-0.1, -0.05) is 12.1 Å². The predicted octanol–water partition coefficient (Wildman–Crippen LogP) is 4.17. The number of hydrogen-bond donors (Lipinski definition) is 0. The predicted molar refractivity (Wildman–Crippen MR) is 102 cm³/mol. The molecule has 3 rings (SSSR count). The minimum atomic E-state index is -4.38. The number of alkyl halides is 3. The molecule has 156 valence electrons. The lowest BCUT2D eigenvalue weighted by atomic mass is 9.98. The number of rotatable bonds is 5. The van der Waals surface area contributed by atoms with E-state index in [1.54, 1.807) is 17.2 Å². The molecule has 2 aromatic rings. The highest BCUT2D eigenvalue weighted by atomic mass is 32.1. The zero-order valence-electron chi connectivity index (χ0n) is 15.9. The zero-order chi connectivity index (χ0) is 21.0. The number of amides is 1. The van der Waals surface area contributed by atoms with Gasteiger partial charge in [0.25, 0.3) is 0 Å². The molecule has 1 aliphatic rings. The fraction of sp³-hybridized carbons (Fsp3) is 0.450. The number of carbonyl (C=O) groups excluding carboxylic acids is 2. The van der Waals surface area contributed by atoms with Crippen molar-refractivity contribution in [2.75, 3.05) is 19.7 Å². The number of halogens is 3. The van der Waals surface area contributed by atoms with Crippen LogP contribution in [-0.4, -0.2) is 41.5 Å². The summed E-state index contributed by atoms with van der Waals surface area (Å²) in [7, 11) is 0. The lowest BCUT2D eigenvalue weighted by Gasteiger charge is -2.31. The Bertz CT molecular complexity index is 865. The topological polar surface area (TPSA) is 59.5 Å². The van der Waals surface area contributed by atoms with E-state index in [-0.39, 0.29) is 24.2 Å². The zero-order valence-corrected chi connectivity index (χ0v) is 16.7. The molecule has 0 bridgehead atoms. The van der Waals surface area contributed by atoms with E-state index in [0.717, 1.165) is 18.6 Å². The second kappa shape index (κ2) is 8.94. The molecule has 0 spiro atoms. The molecule has 1 fully saturated rings. The van der Waals surface area contributed by atoms with Crippen molar-refractivity contribution >= 4 is 23.2 Å². The Labute approximate surface area is 170 Å². The first-order chi connectivity index (χ1) is 13.8. The lowest BCUT2D eigenvalue weighted by Crippen LogP contribution is -2.43. The number of piperidine rings is 1. The molecule has 0 radical (unpaired) electrons. The molecule has 0 N–H and O–H groups in total.